The Bertz CT molecular complexity index is 1330. The molecule has 0 unspecified atom stereocenters. The number of benzene rings is 2. The molecule has 0 spiro atoms. The Hall–Kier alpha value is -4.21. The monoisotopic (exact) mass is 448 g/mol. The maximum absolute atomic E-state index is 15.2. The fourth-order valence-corrected chi connectivity index (χ4v) is 4.14. The Morgan fingerprint density at radius 2 is 1.97 bits per heavy atom. The Labute approximate surface area is 188 Å². The van der Waals surface area contributed by atoms with E-state index in [1.807, 2.05) is 18.2 Å². The van der Waals surface area contributed by atoms with Crippen LogP contribution in [0.1, 0.15) is 18.9 Å². The number of para-hydroxylation sites is 1. The second-order valence-corrected chi connectivity index (χ2v) is 7.83. The van der Waals surface area contributed by atoms with Gasteiger partial charge in [0, 0.05) is 24.7 Å². The van der Waals surface area contributed by atoms with Gasteiger partial charge in [-0.3, -0.25) is 0 Å². The van der Waals surface area contributed by atoms with Gasteiger partial charge in [-0.2, -0.15) is 5.10 Å². The molecule has 1 atom stereocenters. The number of fused-ring (bicyclic) bond motifs is 1. The topological polar surface area (TPSA) is 119 Å². The highest BCUT2D eigenvalue weighted by atomic mass is 19.1. The fraction of sp³-hybridized carbons (Fsp3) is 0.217. The number of nitrogens with zero attached hydrogens (tertiary/aromatic N) is 5. The van der Waals surface area contributed by atoms with Gasteiger partial charge in [0.15, 0.2) is 5.65 Å². The van der Waals surface area contributed by atoms with E-state index in [0.29, 0.717) is 41.2 Å². The number of rotatable bonds is 4. The van der Waals surface area contributed by atoms with Crippen molar-refractivity contribution in [2.45, 2.75) is 18.9 Å². The molecule has 4 aromatic rings. The van der Waals surface area contributed by atoms with Gasteiger partial charge in [0.05, 0.1) is 11.4 Å². The normalized spacial score (nSPS) is 16.2. The molecule has 2 aromatic heterocycles. The zero-order valence-corrected chi connectivity index (χ0v) is 17.6. The number of carboxylic acid groups (broad SMARTS) is 1. The second-order valence-electron chi connectivity index (χ2n) is 7.83. The van der Waals surface area contributed by atoms with Crippen LogP contribution in [0.15, 0.2) is 54.9 Å². The Morgan fingerprint density at radius 3 is 2.73 bits per heavy atom. The van der Waals surface area contributed by atoms with Gasteiger partial charge >= 0.3 is 6.09 Å². The average Bonchev–Trinajstić information content (AvgIpc) is 3.21. The predicted molar refractivity (Wildman–Crippen MR) is 120 cm³/mol. The van der Waals surface area contributed by atoms with Gasteiger partial charge < -0.3 is 20.5 Å². The number of nitrogen functional groups attached to an aromatic ring is 1. The lowest BCUT2D eigenvalue weighted by atomic mass is 10.1. The molecule has 0 aliphatic carbocycles. The van der Waals surface area contributed by atoms with Gasteiger partial charge in [0.2, 0.25) is 0 Å². The lowest BCUT2D eigenvalue weighted by molar-refractivity contribution is 0.120. The summed E-state index contributed by atoms with van der Waals surface area (Å²) in [4.78, 5) is 21.2. The van der Waals surface area contributed by atoms with Crippen molar-refractivity contribution < 1.29 is 19.0 Å². The minimum absolute atomic E-state index is 0.177. The zero-order chi connectivity index (χ0) is 22.9. The summed E-state index contributed by atoms with van der Waals surface area (Å²) < 4.78 is 22.6. The maximum atomic E-state index is 15.2. The minimum Gasteiger partial charge on any atom is -0.465 e. The lowest BCUT2D eigenvalue weighted by Gasteiger charge is -2.30. The number of halogens is 1. The second kappa shape index (κ2) is 8.38. The summed E-state index contributed by atoms with van der Waals surface area (Å²) in [7, 11) is 0. The van der Waals surface area contributed by atoms with Crippen LogP contribution in [0, 0.1) is 5.82 Å². The highest BCUT2D eigenvalue weighted by molar-refractivity contribution is 5.98. The molecular formula is C23H21FN6O3. The number of hydrogen-bond acceptors (Lipinski definition) is 6. The van der Waals surface area contributed by atoms with Crippen LogP contribution in [0.5, 0.6) is 11.5 Å². The molecule has 0 bridgehead atoms. The van der Waals surface area contributed by atoms with Gasteiger partial charge in [-0.15, -0.1) is 0 Å². The van der Waals surface area contributed by atoms with E-state index in [1.54, 1.807) is 28.9 Å². The van der Waals surface area contributed by atoms with Crippen molar-refractivity contribution in [1.29, 1.82) is 0 Å². The van der Waals surface area contributed by atoms with E-state index in [4.69, 9.17) is 10.5 Å². The summed E-state index contributed by atoms with van der Waals surface area (Å²) in [6.45, 7) is 0.730. The summed E-state index contributed by atoms with van der Waals surface area (Å²) in [5, 5.41) is 14.5. The van der Waals surface area contributed by atoms with E-state index in [0.717, 1.165) is 6.42 Å². The van der Waals surface area contributed by atoms with Crippen molar-refractivity contribution in [3.63, 3.8) is 0 Å². The summed E-state index contributed by atoms with van der Waals surface area (Å²) in [5.74, 6) is 0.585. The average molecular weight is 448 g/mol. The first-order valence-corrected chi connectivity index (χ1v) is 10.5. The molecule has 9 nitrogen and oxygen atoms in total. The van der Waals surface area contributed by atoms with Gasteiger partial charge in [-0.25, -0.2) is 23.8 Å². The molecule has 1 amide bonds. The highest BCUT2D eigenvalue weighted by Crippen LogP contribution is 2.36. The van der Waals surface area contributed by atoms with Crippen LogP contribution < -0.4 is 10.5 Å². The smallest absolute Gasteiger partial charge is 0.407 e. The molecule has 1 aliphatic rings. The predicted octanol–water partition coefficient (Wildman–Crippen LogP) is 4.32. The standard InChI is InChI=1S/C23H21FN6O3/c24-18-11-16(33-15-6-2-1-3-7-15)8-9-17(18)20-19-21(25)26-13-27-22(19)30(28-20)14-5-4-10-29(12-14)23(31)32/h1-3,6-9,11,13-14H,4-5,10,12H2,(H,31,32)(H2,25,26,27)/t14-/m1/s1. The van der Waals surface area contributed by atoms with E-state index in [1.165, 1.54) is 17.3 Å². The van der Waals surface area contributed by atoms with E-state index in [2.05, 4.69) is 15.1 Å². The number of piperidine rings is 1. The first kappa shape index (κ1) is 20.7. The van der Waals surface area contributed by atoms with Crippen molar-refractivity contribution in [2.24, 2.45) is 0 Å². The van der Waals surface area contributed by atoms with Crippen LogP contribution in [0.2, 0.25) is 0 Å². The third-order valence-corrected chi connectivity index (χ3v) is 5.71. The number of ether oxygens (including phenoxy) is 1. The van der Waals surface area contributed by atoms with Crippen LogP contribution in [-0.2, 0) is 0 Å². The van der Waals surface area contributed by atoms with Crippen molar-refractivity contribution >= 4 is 22.9 Å². The number of hydrogen-bond donors (Lipinski definition) is 2. The lowest BCUT2D eigenvalue weighted by Crippen LogP contribution is -2.40. The molecule has 0 saturated carbocycles. The Morgan fingerprint density at radius 1 is 1.15 bits per heavy atom. The van der Waals surface area contributed by atoms with Crippen molar-refractivity contribution in [1.82, 2.24) is 24.6 Å². The highest BCUT2D eigenvalue weighted by Gasteiger charge is 2.29. The van der Waals surface area contributed by atoms with Gasteiger partial charge in [0.25, 0.3) is 0 Å². The minimum atomic E-state index is -0.981. The van der Waals surface area contributed by atoms with Crippen LogP contribution in [0.25, 0.3) is 22.3 Å². The molecule has 0 radical (unpaired) electrons. The summed E-state index contributed by atoms with van der Waals surface area (Å²) in [6.07, 6.45) is 1.75. The summed E-state index contributed by atoms with van der Waals surface area (Å²) >= 11 is 0. The zero-order valence-electron chi connectivity index (χ0n) is 17.6. The molecule has 168 valence electrons. The number of nitrogens with two attached hydrogens (primary N) is 1. The molecule has 33 heavy (non-hydrogen) atoms. The molecule has 3 heterocycles. The van der Waals surface area contributed by atoms with Gasteiger partial charge in [-0.1, -0.05) is 18.2 Å². The third kappa shape index (κ3) is 3.91. The van der Waals surface area contributed by atoms with E-state index >= 15 is 4.39 Å². The number of amides is 1. The Balaban J connectivity index is 1.55. The van der Waals surface area contributed by atoms with Crippen molar-refractivity contribution in [2.75, 3.05) is 18.8 Å². The maximum Gasteiger partial charge on any atom is 0.407 e. The number of aromatic nitrogens is 4. The van der Waals surface area contributed by atoms with Crippen molar-refractivity contribution in [3.05, 3.63) is 60.7 Å². The summed E-state index contributed by atoms with van der Waals surface area (Å²) in [5.41, 5.74) is 7.12. The fourth-order valence-electron chi connectivity index (χ4n) is 4.14. The molecule has 2 aromatic carbocycles. The number of anilines is 1. The Kier molecular flexibility index (Phi) is 5.25. The molecule has 5 rings (SSSR count). The van der Waals surface area contributed by atoms with Crippen LogP contribution in [0.4, 0.5) is 15.0 Å². The van der Waals surface area contributed by atoms with Crippen LogP contribution in [0.3, 0.4) is 0 Å². The van der Waals surface area contributed by atoms with Crippen LogP contribution >= 0.6 is 0 Å². The first-order chi connectivity index (χ1) is 16.0. The third-order valence-electron chi connectivity index (χ3n) is 5.71. The largest absolute Gasteiger partial charge is 0.465 e. The van der Waals surface area contributed by atoms with Gasteiger partial charge in [-0.05, 0) is 37.1 Å². The summed E-state index contributed by atoms with van der Waals surface area (Å²) in [6, 6.07) is 13.4. The molecule has 1 fully saturated rings. The van der Waals surface area contributed by atoms with Crippen molar-refractivity contribution in [3.8, 4) is 22.8 Å². The molecule has 1 saturated heterocycles. The quantitative estimate of drug-likeness (QED) is 0.477. The molecule has 3 N–H and O–H groups in total. The molecule has 10 heteroatoms. The number of likely N-dealkylation sites (tertiary alicyclic amines) is 1. The number of carbonyl (C=O) groups is 1. The van der Waals surface area contributed by atoms with Crippen LogP contribution in [-0.4, -0.2) is 48.9 Å². The van der Waals surface area contributed by atoms with E-state index < -0.39 is 11.9 Å². The van der Waals surface area contributed by atoms with E-state index in [9.17, 15) is 9.90 Å². The molecular weight excluding hydrogens is 427 g/mol. The SMILES string of the molecule is Nc1ncnc2c1c(-c1ccc(Oc3ccccc3)cc1F)nn2[C@@H]1CCCN(C(=O)O)C1. The van der Waals surface area contributed by atoms with E-state index in [-0.39, 0.29) is 24.0 Å². The first-order valence-electron chi connectivity index (χ1n) is 10.5. The molecule has 1 aliphatic heterocycles. The van der Waals surface area contributed by atoms with Gasteiger partial charge in [0.1, 0.15) is 35.2 Å².